The number of fused-ring (bicyclic) bond motifs is 5. The van der Waals surface area contributed by atoms with Crippen molar-refractivity contribution in [2.75, 3.05) is 27.3 Å². The van der Waals surface area contributed by atoms with Gasteiger partial charge in [0.2, 0.25) is 0 Å². The molecule has 5 rings (SSSR count). The molecule has 0 saturated carbocycles. The van der Waals surface area contributed by atoms with E-state index in [4.69, 9.17) is 14.2 Å². The normalized spacial score (nSPS) is 21.0. The van der Waals surface area contributed by atoms with Gasteiger partial charge >= 0.3 is 18.0 Å². The van der Waals surface area contributed by atoms with Gasteiger partial charge in [-0.05, 0) is 69.8 Å². The van der Waals surface area contributed by atoms with E-state index in [2.05, 4.69) is 23.1 Å². The highest BCUT2D eigenvalue weighted by Crippen LogP contribution is 2.52. The van der Waals surface area contributed by atoms with Gasteiger partial charge in [0.05, 0.1) is 31.5 Å². The van der Waals surface area contributed by atoms with Crippen LogP contribution in [0.5, 0.6) is 0 Å². The molecule has 1 aromatic heterocycles. The van der Waals surface area contributed by atoms with Crippen molar-refractivity contribution in [3.05, 3.63) is 65.9 Å². The summed E-state index contributed by atoms with van der Waals surface area (Å²) in [5.41, 5.74) is 2.08. The number of esters is 2. The molecule has 1 fully saturated rings. The van der Waals surface area contributed by atoms with E-state index >= 15 is 0 Å². The zero-order valence-electron chi connectivity index (χ0n) is 23.6. The summed E-state index contributed by atoms with van der Waals surface area (Å²) in [7, 11) is 2.58. The van der Waals surface area contributed by atoms with E-state index in [0.29, 0.717) is 19.4 Å². The number of ether oxygens (including phenoxy) is 3. The Morgan fingerprint density at radius 2 is 1.60 bits per heavy atom. The first-order valence-electron chi connectivity index (χ1n) is 13.6. The third-order valence-corrected chi connectivity index (χ3v) is 8.94. The lowest BCUT2D eigenvalue weighted by Gasteiger charge is -2.46. The Bertz CT molecular complexity index is 1400. The van der Waals surface area contributed by atoms with Gasteiger partial charge in [-0.3, -0.25) is 14.5 Å². The minimum atomic E-state index is -1.02. The van der Waals surface area contributed by atoms with Crippen LogP contribution >= 0.6 is 11.8 Å². The molecule has 0 N–H and O–H groups in total. The standard InChI is InChI=1S/C31H36N2O6S/c1-31(2,3)39-30(36)33-22-14-10-9-13-21(22)26-24(40-20-11-7-6-8-12-20)18-32-16-15-19(17-23(32)27(26)33)25(28(34)37-4)29(35)38-5/h6-14,19,23-25H,15-18H2,1-5H3/t19-,23+,24-/m1/s1. The topological polar surface area (TPSA) is 87.1 Å². The van der Waals surface area contributed by atoms with E-state index in [1.54, 1.807) is 16.3 Å². The molecule has 0 amide bonds. The van der Waals surface area contributed by atoms with Crippen LogP contribution in [0, 0.1) is 11.8 Å². The zero-order chi connectivity index (χ0) is 28.6. The Balaban J connectivity index is 1.66. The molecule has 9 heteroatoms. The van der Waals surface area contributed by atoms with E-state index in [1.807, 2.05) is 57.2 Å². The van der Waals surface area contributed by atoms with Crippen LogP contribution in [0.15, 0.2) is 59.5 Å². The summed E-state index contributed by atoms with van der Waals surface area (Å²) >= 11 is 1.78. The van der Waals surface area contributed by atoms with Gasteiger partial charge in [-0.2, -0.15) is 0 Å². The molecule has 2 aliphatic rings. The number of rotatable bonds is 5. The van der Waals surface area contributed by atoms with Crippen molar-refractivity contribution in [1.82, 2.24) is 9.47 Å². The summed E-state index contributed by atoms with van der Waals surface area (Å²) in [5, 5.41) is 1.08. The molecule has 2 aromatic carbocycles. The molecule has 1 saturated heterocycles. The molecule has 2 aliphatic heterocycles. The Labute approximate surface area is 238 Å². The molecule has 212 valence electrons. The Hall–Kier alpha value is -3.30. The van der Waals surface area contributed by atoms with E-state index in [0.717, 1.165) is 33.6 Å². The first kappa shape index (κ1) is 28.2. The summed E-state index contributed by atoms with van der Waals surface area (Å²) in [6.45, 7) is 7.01. The van der Waals surface area contributed by atoms with Crippen LogP contribution in [0.2, 0.25) is 0 Å². The smallest absolute Gasteiger partial charge is 0.419 e. The third kappa shape index (κ3) is 5.37. The zero-order valence-corrected chi connectivity index (χ0v) is 24.4. The van der Waals surface area contributed by atoms with E-state index in [9.17, 15) is 14.4 Å². The van der Waals surface area contributed by atoms with Crippen molar-refractivity contribution in [1.29, 1.82) is 0 Å². The number of piperidine rings is 1. The molecule has 3 aromatic rings. The van der Waals surface area contributed by atoms with Gasteiger partial charge in [-0.15, -0.1) is 11.8 Å². The molecule has 0 bridgehead atoms. The Morgan fingerprint density at radius 3 is 2.25 bits per heavy atom. The molecule has 0 spiro atoms. The Kier molecular flexibility index (Phi) is 7.97. The monoisotopic (exact) mass is 564 g/mol. The quantitative estimate of drug-likeness (QED) is 0.212. The summed E-state index contributed by atoms with van der Waals surface area (Å²) in [6.07, 6.45) is 0.703. The van der Waals surface area contributed by atoms with E-state index in [-0.39, 0.29) is 17.2 Å². The number of methoxy groups -OCH3 is 2. The Morgan fingerprint density at radius 1 is 0.950 bits per heavy atom. The predicted molar refractivity (Wildman–Crippen MR) is 153 cm³/mol. The molecule has 40 heavy (non-hydrogen) atoms. The molecule has 0 radical (unpaired) electrons. The van der Waals surface area contributed by atoms with Crippen LogP contribution < -0.4 is 0 Å². The highest BCUT2D eigenvalue weighted by Gasteiger charge is 2.47. The van der Waals surface area contributed by atoms with Gasteiger partial charge < -0.3 is 14.2 Å². The van der Waals surface area contributed by atoms with Crippen LogP contribution in [-0.2, 0) is 23.8 Å². The SMILES string of the molecule is COC(=O)C(C(=O)OC)[C@@H]1CCN2C[C@@H](Sc3ccccc3)c3c(n(C(=O)OC(C)(C)C)c4ccccc34)[C@@H]2C1. The lowest BCUT2D eigenvalue weighted by Crippen LogP contribution is -2.47. The molecular weight excluding hydrogens is 528 g/mol. The molecule has 3 atom stereocenters. The molecule has 0 unspecified atom stereocenters. The number of hydrogen-bond donors (Lipinski definition) is 0. The van der Waals surface area contributed by atoms with Gasteiger partial charge in [0.25, 0.3) is 0 Å². The second kappa shape index (κ2) is 11.3. The summed E-state index contributed by atoms with van der Waals surface area (Å²) in [5.74, 6) is -2.49. The summed E-state index contributed by atoms with van der Waals surface area (Å²) in [6, 6.07) is 18.0. The lowest BCUT2D eigenvalue weighted by molar-refractivity contribution is -0.163. The maximum absolute atomic E-state index is 13.8. The number of carbonyl (C=O) groups excluding carboxylic acids is 3. The van der Waals surface area contributed by atoms with Gasteiger partial charge in [0.1, 0.15) is 5.60 Å². The second-order valence-electron chi connectivity index (χ2n) is 11.4. The largest absolute Gasteiger partial charge is 0.468 e. The number of carbonyl (C=O) groups is 3. The first-order valence-corrected chi connectivity index (χ1v) is 14.5. The number of hydrogen-bond acceptors (Lipinski definition) is 8. The fourth-order valence-electron chi connectivity index (χ4n) is 6.10. The molecule has 0 aliphatic carbocycles. The van der Waals surface area contributed by atoms with Crippen molar-refractivity contribution in [3.8, 4) is 0 Å². The third-order valence-electron chi connectivity index (χ3n) is 7.72. The number of nitrogens with zero attached hydrogens (tertiary/aromatic N) is 2. The molecule has 8 nitrogen and oxygen atoms in total. The van der Waals surface area contributed by atoms with Crippen LogP contribution in [0.1, 0.15) is 56.2 Å². The molecule has 3 heterocycles. The van der Waals surface area contributed by atoms with Crippen LogP contribution in [-0.4, -0.2) is 60.4 Å². The highest BCUT2D eigenvalue weighted by molar-refractivity contribution is 7.99. The second-order valence-corrected chi connectivity index (χ2v) is 12.6. The maximum Gasteiger partial charge on any atom is 0.419 e. The minimum absolute atomic E-state index is 0.0656. The van der Waals surface area contributed by atoms with Crippen molar-refractivity contribution >= 4 is 40.7 Å². The van der Waals surface area contributed by atoms with Crippen molar-refractivity contribution in [2.45, 2.75) is 55.4 Å². The number of thioether (sulfide) groups is 1. The number of benzene rings is 2. The maximum atomic E-state index is 13.8. The molecular formula is C31H36N2O6S. The van der Waals surface area contributed by atoms with Crippen molar-refractivity contribution in [2.24, 2.45) is 11.8 Å². The van der Waals surface area contributed by atoms with E-state index in [1.165, 1.54) is 14.2 Å². The number of aromatic nitrogens is 1. The van der Waals surface area contributed by atoms with Gasteiger partial charge in [0.15, 0.2) is 5.92 Å². The van der Waals surface area contributed by atoms with Crippen LogP contribution in [0.3, 0.4) is 0 Å². The van der Waals surface area contributed by atoms with Crippen molar-refractivity contribution < 1.29 is 28.6 Å². The summed E-state index contributed by atoms with van der Waals surface area (Å²) < 4.78 is 17.7. The number of para-hydroxylation sites is 1. The van der Waals surface area contributed by atoms with Crippen LogP contribution in [0.4, 0.5) is 4.79 Å². The average molecular weight is 565 g/mol. The van der Waals surface area contributed by atoms with Gasteiger partial charge in [-0.1, -0.05) is 36.4 Å². The predicted octanol–water partition coefficient (Wildman–Crippen LogP) is 5.99. The van der Waals surface area contributed by atoms with Gasteiger partial charge in [0, 0.05) is 22.1 Å². The van der Waals surface area contributed by atoms with E-state index < -0.39 is 29.6 Å². The average Bonchev–Trinajstić information content (AvgIpc) is 3.29. The fourth-order valence-corrected chi connectivity index (χ4v) is 7.38. The minimum Gasteiger partial charge on any atom is -0.468 e. The lowest BCUT2D eigenvalue weighted by atomic mass is 9.78. The van der Waals surface area contributed by atoms with Crippen molar-refractivity contribution in [3.63, 3.8) is 0 Å². The fraction of sp³-hybridized carbons (Fsp3) is 0.452. The summed E-state index contributed by atoms with van der Waals surface area (Å²) in [4.78, 5) is 42.8. The highest BCUT2D eigenvalue weighted by atomic mass is 32.2. The van der Waals surface area contributed by atoms with Gasteiger partial charge in [-0.25, -0.2) is 9.36 Å². The first-order chi connectivity index (χ1) is 19.1. The van der Waals surface area contributed by atoms with Crippen LogP contribution in [0.25, 0.3) is 10.9 Å².